The topological polar surface area (TPSA) is 90.9 Å². The molecule has 0 atom stereocenters. The number of halogens is 1. The first-order chi connectivity index (χ1) is 9.45. The molecule has 1 aliphatic carbocycles. The maximum absolute atomic E-state index is 13.2. The lowest BCUT2D eigenvalue weighted by atomic mass is 10.1. The Kier molecular flexibility index (Phi) is 3.06. The zero-order valence-electron chi connectivity index (χ0n) is 10.5. The molecule has 0 amide bonds. The van der Waals surface area contributed by atoms with Crippen LogP contribution in [0.2, 0.25) is 0 Å². The monoisotopic (exact) mass is 296 g/mol. The predicted molar refractivity (Wildman–Crippen MR) is 68.9 cm³/mol. The van der Waals surface area contributed by atoms with E-state index in [2.05, 4.69) is 10.2 Å². The molecule has 1 saturated carbocycles. The second-order valence-corrected chi connectivity index (χ2v) is 6.31. The Bertz CT molecular complexity index is 753. The summed E-state index contributed by atoms with van der Waals surface area (Å²) >= 11 is 0. The fourth-order valence-corrected chi connectivity index (χ4v) is 2.83. The van der Waals surface area contributed by atoms with Crippen molar-refractivity contribution in [3.05, 3.63) is 41.5 Å². The Morgan fingerprint density at radius 1 is 1.35 bits per heavy atom. The molecule has 1 aromatic heterocycles. The van der Waals surface area contributed by atoms with Crippen LogP contribution in [0.25, 0.3) is 0 Å². The Morgan fingerprint density at radius 2 is 2.10 bits per heavy atom. The van der Waals surface area contributed by atoms with Crippen LogP contribution in [-0.4, -0.2) is 23.2 Å². The van der Waals surface area contributed by atoms with E-state index in [0.717, 1.165) is 12.8 Å². The molecule has 1 fully saturated rings. The van der Waals surface area contributed by atoms with E-state index in [1.54, 1.807) is 16.7 Å². The van der Waals surface area contributed by atoms with Gasteiger partial charge in [-0.1, -0.05) is 12.1 Å². The summed E-state index contributed by atoms with van der Waals surface area (Å²) in [4.78, 5) is 0. The third-order valence-corrected chi connectivity index (χ3v) is 3.94. The van der Waals surface area contributed by atoms with Gasteiger partial charge in [-0.3, -0.25) is 4.57 Å². The maximum Gasteiger partial charge on any atom is 0.273 e. The van der Waals surface area contributed by atoms with Gasteiger partial charge in [0.2, 0.25) is 0 Å². The van der Waals surface area contributed by atoms with Crippen LogP contribution in [0.15, 0.2) is 29.4 Å². The van der Waals surface area contributed by atoms with E-state index in [-0.39, 0.29) is 17.0 Å². The van der Waals surface area contributed by atoms with Crippen molar-refractivity contribution in [1.29, 1.82) is 0 Å². The van der Waals surface area contributed by atoms with Gasteiger partial charge in [0, 0.05) is 12.5 Å². The van der Waals surface area contributed by atoms with E-state index in [9.17, 15) is 12.8 Å². The molecular formula is C12H13FN4O2S. The van der Waals surface area contributed by atoms with Crippen molar-refractivity contribution in [2.24, 2.45) is 5.14 Å². The fraction of sp³-hybridized carbons (Fsp3) is 0.333. The number of nitrogens with zero attached hydrogens (tertiary/aromatic N) is 3. The van der Waals surface area contributed by atoms with Crippen LogP contribution in [0.3, 0.4) is 0 Å². The van der Waals surface area contributed by atoms with Crippen molar-refractivity contribution in [3.8, 4) is 0 Å². The summed E-state index contributed by atoms with van der Waals surface area (Å²) < 4.78 is 37.7. The molecule has 2 N–H and O–H groups in total. The summed E-state index contributed by atoms with van der Waals surface area (Å²) in [5, 5.41) is 12.5. The number of benzene rings is 1. The molecule has 0 saturated heterocycles. The fourth-order valence-electron chi connectivity index (χ4n) is 2.15. The second-order valence-electron chi connectivity index (χ2n) is 4.85. The molecule has 0 spiro atoms. The standard InChI is InChI=1S/C12H13FN4O2S/c13-9-3-1-2-8(6-9)7-11-15-16-12(20(14,18)19)17(11)10-4-5-10/h1-3,6,10H,4-5,7H2,(H2,14,18,19). The van der Waals surface area contributed by atoms with Crippen molar-refractivity contribution >= 4 is 10.0 Å². The number of primary sulfonamides is 1. The number of sulfonamides is 1. The lowest BCUT2D eigenvalue weighted by Crippen LogP contribution is -2.19. The third-order valence-electron chi connectivity index (χ3n) is 3.15. The van der Waals surface area contributed by atoms with Crippen LogP contribution in [0, 0.1) is 5.82 Å². The van der Waals surface area contributed by atoms with Crippen LogP contribution in [-0.2, 0) is 16.4 Å². The van der Waals surface area contributed by atoms with E-state index in [0.29, 0.717) is 17.8 Å². The van der Waals surface area contributed by atoms with Gasteiger partial charge in [-0.05, 0) is 30.5 Å². The zero-order valence-corrected chi connectivity index (χ0v) is 11.3. The number of hydrogen-bond acceptors (Lipinski definition) is 4. The molecule has 1 aromatic carbocycles. The molecular weight excluding hydrogens is 283 g/mol. The normalized spacial score (nSPS) is 15.5. The highest BCUT2D eigenvalue weighted by Crippen LogP contribution is 2.37. The van der Waals surface area contributed by atoms with Crippen molar-refractivity contribution in [2.45, 2.75) is 30.5 Å². The largest absolute Gasteiger partial charge is 0.297 e. The highest BCUT2D eigenvalue weighted by atomic mass is 32.2. The Morgan fingerprint density at radius 3 is 2.70 bits per heavy atom. The molecule has 1 heterocycles. The van der Waals surface area contributed by atoms with Crippen LogP contribution in [0.1, 0.15) is 30.3 Å². The van der Waals surface area contributed by atoms with Gasteiger partial charge in [-0.25, -0.2) is 17.9 Å². The van der Waals surface area contributed by atoms with Gasteiger partial charge >= 0.3 is 0 Å². The van der Waals surface area contributed by atoms with Crippen LogP contribution in [0.4, 0.5) is 4.39 Å². The molecule has 8 heteroatoms. The first-order valence-electron chi connectivity index (χ1n) is 6.16. The summed E-state index contributed by atoms with van der Waals surface area (Å²) in [5.74, 6) is 0.147. The van der Waals surface area contributed by atoms with Gasteiger partial charge in [-0.2, -0.15) is 0 Å². The summed E-state index contributed by atoms with van der Waals surface area (Å²) in [5.41, 5.74) is 0.709. The molecule has 1 aliphatic rings. The minimum atomic E-state index is -3.90. The van der Waals surface area contributed by atoms with Crippen molar-refractivity contribution in [1.82, 2.24) is 14.8 Å². The number of rotatable bonds is 4. The SMILES string of the molecule is NS(=O)(=O)c1nnc(Cc2cccc(F)c2)n1C1CC1. The molecule has 0 bridgehead atoms. The van der Waals surface area contributed by atoms with Crippen LogP contribution in [0.5, 0.6) is 0 Å². The zero-order chi connectivity index (χ0) is 14.3. The van der Waals surface area contributed by atoms with Gasteiger partial charge in [0.1, 0.15) is 11.6 Å². The number of aromatic nitrogens is 3. The molecule has 0 radical (unpaired) electrons. The minimum Gasteiger partial charge on any atom is -0.297 e. The van der Waals surface area contributed by atoms with Gasteiger partial charge in [-0.15, -0.1) is 10.2 Å². The first kappa shape index (κ1) is 13.2. The lowest BCUT2D eigenvalue weighted by molar-refractivity contribution is 0.560. The molecule has 20 heavy (non-hydrogen) atoms. The highest BCUT2D eigenvalue weighted by molar-refractivity contribution is 7.89. The maximum atomic E-state index is 13.2. The van der Waals surface area contributed by atoms with E-state index in [1.165, 1.54) is 12.1 Å². The summed E-state index contributed by atoms with van der Waals surface area (Å²) in [6.45, 7) is 0. The van der Waals surface area contributed by atoms with Crippen molar-refractivity contribution in [3.63, 3.8) is 0 Å². The van der Waals surface area contributed by atoms with E-state index in [4.69, 9.17) is 5.14 Å². The average Bonchev–Trinajstić information content (AvgIpc) is 3.09. The van der Waals surface area contributed by atoms with Crippen molar-refractivity contribution in [2.75, 3.05) is 0 Å². The lowest BCUT2D eigenvalue weighted by Gasteiger charge is -2.07. The molecule has 2 aromatic rings. The molecule has 3 rings (SSSR count). The van der Waals surface area contributed by atoms with E-state index < -0.39 is 10.0 Å². The quantitative estimate of drug-likeness (QED) is 0.911. The van der Waals surface area contributed by atoms with Gasteiger partial charge in [0.15, 0.2) is 0 Å². The Labute approximate surface area is 115 Å². The first-order valence-corrected chi connectivity index (χ1v) is 7.71. The number of hydrogen-bond donors (Lipinski definition) is 1. The molecule has 0 aliphatic heterocycles. The minimum absolute atomic E-state index is 0.0712. The predicted octanol–water partition coefficient (Wildman–Crippen LogP) is 0.990. The summed E-state index contributed by atoms with van der Waals surface area (Å²) in [7, 11) is -3.90. The Hall–Kier alpha value is -1.80. The van der Waals surface area contributed by atoms with Gasteiger partial charge in [0.05, 0.1) is 0 Å². The average molecular weight is 296 g/mol. The summed E-state index contributed by atoms with van der Waals surface area (Å²) in [6.07, 6.45) is 2.06. The van der Waals surface area contributed by atoms with Gasteiger partial charge in [0.25, 0.3) is 15.2 Å². The molecule has 0 unspecified atom stereocenters. The van der Waals surface area contributed by atoms with E-state index >= 15 is 0 Å². The molecule has 106 valence electrons. The number of nitrogens with two attached hydrogens (primary N) is 1. The van der Waals surface area contributed by atoms with Gasteiger partial charge < -0.3 is 0 Å². The Balaban J connectivity index is 2.00. The van der Waals surface area contributed by atoms with Crippen LogP contribution >= 0.6 is 0 Å². The third kappa shape index (κ3) is 2.56. The van der Waals surface area contributed by atoms with Crippen molar-refractivity contribution < 1.29 is 12.8 Å². The van der Waals surface area contributed by atoms with E-state index in [1.807, 2.05) is 0 Å². The smallest absolute Gasteiger partial charge is 0.273 e. The van der Waals surface area contributed by atoms with Crippen LogP contribution < -0.4 is 5.14 Å². The highest BCUT2D eigenvalue weighted by Gasteiger charge is 2.33. The molecule has 6 nitrogen and oxygen atoms in total. The summed E-state index contributed by atoms with van der Waals surface area (Å²) in [6, 6.07) is 6.17. The second kappa shape index (κ2) is 4.64.